The highest BCUT2D eigenvalue weighted by Gasteiger charge is 2.18. The molecule has 3 rings (SSSR count). The first-order chi connectivity index (χ1) is 12.6. The van der Waals surface area contributed by atoms with Crippen molar-refractivity contribution in [1.82, 2.24) is 25.3 Å². The Balaban J connectivity index is 0.00000261. The molecule has 2 aliphatic carbocycles. The molecule has 1 amide bonds. The number of amides is 1. The summed E-state index contributed by atoms with van der Waals surface area (Å²) in [6, 6.07) is 3.06. The Morgan fingerprint density at radius 2 is 1.89 bits per heavy atom. The maximum atomic E-state index is 11.9. The number of carbonyl (C=O) groups is 1. The fourth-order valence-corrected chi connectivity index (χ4v) is 3.73. The third kappa shape index (κ3) is 6.65. The Kier molecular flexibility index (Phi) is 8.85. The maximum absolute atomic E-state index is 11.9. The van der Waals surface area contributed by atoms with Gasteiger partial charge in [-0.3, -0.25) is 9.48 Å². The summed E-state index contributed by atoms with van der Waals surface area (Å²) in [5.74, 6) is 0.749. The first kappa shape index (κ1) is 22.0. The molecule has 0 bridgehead atoms. The molecule has 0 saturated heterocycles. The number of nitrogens with zero attached hydrogens (tertiary/aromatic N) is 4. The minimum atomic E-state index is 0. The number of rotatable bonds is 6. The maximum Gasteiger partial charge on any atom is 0.241 e. The van der Waals surface area contributed by atoms with Gasteiger partial charge in [0.15, 0.2) is 5.96 Å². The highest BCUT2D eigenvalue weighted by molar-refractivity contribution is 14.0. The van der Waals surface area contributed by atoms with Crippen molar-refractivity contribution in [1.29, 1.82) is 0 Å². The average molecular weight is 488 g/mol. The van der Waals surface area contributed by atoms with Crippen LogP contribution in [-0.2, 0) is 11.3 Å². The van der Waals surface area contributed by atoms with Crippen LogP contribution in [0.4, 0.5) is 0 Å². The highest BCUT2D eigenvalue weighted by Crippen LogP contribution is 2.28. The molecular weight excluding hydrogens is 455 g/mol. The van der Waals surface area contributed by atoms with Crippen molar-refractivity contribution in [2.75, 3.05) is 20.6 Å². The number of hydrogen-bond donors (Lipinski definition) is 2. The van der Waals surface area contributed by atoms with E-state index in [2.05, 4.69) is 32.6 Å². The summed E-state index contributed by atoms with van der Waals surface area (Å²) in [6.07, 6.45) is 12.0. The Labute approximate surface area is 179 Å². The van der Waals surface area contributed by atoms with Crippen LogP contribution in [0, 0.1) is 0 Å². The fraction of sp³-hybridized carbons (Fsp3) is 0.737. The van der Waals surface area contributed by atoms with Gasteiger partial charge in [0.2, 0.25) is 5.91 Å². The van der Waals surface area contributed by atoms with Gasteiger partial charge in [0, 0.05) is 26.3 Å². The number of aromatic nitrogens is 2. The monoisotopic (exact) mass is 488 g/mol. The van der Waals surface area contributed by atoms with Gasteiger partial charge < -0.3 is 15.5 Å². The summed E-state index contributed by atoms with van der Waals surface area (Å²) < 4.78 is 2.10. The third-order valence-corrected chi connectivity index (χ3v) is 5.36. The van der Waals surface area contributed by atoms with Crippen molar-refractivity contribution in [2.45, 2.75) is 70.0 Å². The average Bonchev–Trinajstić information content (AvgIpc) is 3.38. The minimum Gasteiger partial charge on any atom is -0.354 e. The van der Waals surface area contributed by atoms with E-state index in [1.807, 2.05) is 0 Å². The van der Waals surface area contributed by atoms with Crippen LogP contribution in [0.5, 0.6) is 0 Å². The SMILES string of the molecule is CN(C)C(=O)CNC(=NCc1ccn(C2CCCC2)n1)NC1CCCC1.I. The van der Waals surface area contributed by atoms with E-state index < -0.39 is 0 Å². The number of halogens is 1. The topological polar surface area (TPSA) is 74.5 Å². The zero-order valence-electron chi connectivity index (χ0n) is 16.5. The summed E-state index contributed by atoms with van der Waals surface area (Å²) in [5.41, 5.74) is 0.975. The first-order valence-corrected chi connectivity index (χ1v) is 9.91. The van der Waals surface area contributed by atoms with E-state index in [9.17, 15) is 4.79 Å². The summed E-state index contributed by atoms with van der Waals surface area (Å²) >= 11 is 0. The van der Waals surface area contributed by atoms with Gasteiger partial charge in [0.05, 0.1) is 24.8 Å². The minimum absolute atomic E-state index is 0. The van der Waals surface area contributed by atoms with Crippen LogP contribution in [0.25, 0.3) is 0 Å². The largest absolute Gasteiger partial charge is 0.354 e. The van der Waals surface area contributed by atoms with Crippen LogP contribution in [0.15, 0.2) is 17.3 Å². The molecular formula is C19H33IN6O. The molecule has 0 radical (unpaired) electrons. The fourth-order valence-electron chi connectivity index (χ4n) is 3.73. The van der Waals surface area contributed by atoms with Crippen molar-refractivity contribution < 1.29 is 4.79 Å². The Hall–Kier alpha value is -1.32. The molecule has 0 aromatic carbocycles. The molecule has 1 aromatic rings. The molecule has 2 aliphatic rings. The van der Waals surface area contributed by atoms with E-state index in [0.717, 1.165) is 5.69 Å². The van der Waals surface area contributed by atoms with Gasteiger partial charge in [-0.15, -0.1) is 24.0 Å². The predicted octanol–water partition coefficient (Wildman–Crippen LogP) is 2.68. The lowest BCUT2D eigenvalue weighted by Crippen LogP contribution is -2.46. The van der Waals surface area contributed by atoms with E-state index in [-0.39, 0.29) is 36.4 Å². The van der Waals surface area contributed by atoms with E-state index in [4.69, 9.17) is 5.10 Å². The van der Waals surface area contributed by atoms with Crippen LogP contribution >= 0.6 is 24.0 Å². The lowest BCUT2D eigenvalue weighted by atomic mass is 10.2. The van der Waals surface area contributed by atoms with Crippen molar-refractivity contribution >= 4 is 35.8 Å². The van der Waals surface area contributed by atoms with E-state index >= 15 is 0 Å². The van der Waals surface area contributed by atoms with E-state index in [1.165, 1.54) is 51.4 Å². The normalized spacial score (nSPS) is 18.4. The van der Waals surface area contributed by atoms with Gasteiger partial charge in [-0.1, -0.05) is 25.7 Å². The smallest absolute Gasteiger partial charge is 0.241 e. The van der Waals surface area contributed by atoms with Crippen LogP contribution < -0.4 is 10.6 Å². The Morgan fingerprint density at radius 3 is 2.56 bits per heavy atom. The predicted molar refractivity (Wildman–Crippen MR) is 118 cm³/mol. The number of carbonyl (C=O) groups excluding carboxylic acids is 1. The van der Waals surface area contributed by atoms with Gasteiger partial charge >= 0.3 is 0 Å². The van der Waals surface area contributed by atoms with Gasteiger partial charge in [-0.05, 0) is 31.7 Å². The van der Waals surface area contributed by atoms with Crippen molar-refractivity contribution in [3.05, 3.63) is 18.0 Å². The molecule has 0 atom stereocenters. The quantitative estimate of drug-likeness (QED) is 0.367. The van der Waals surface area contributed by atoms with Gasteiger partial charge in [0.1, 0.15) is 0 Å². The lowest BCUT2D eigenvalue weighted by Gasteiger charge is -2.18. The summed E-state index contributed by atoms with van der Waals surface area (Å²) in [6.45, 7) is 0.778. The number of guanidine groups is 1. The van der Waals surface area contributed by atoms with E-state index in [0.29, 0.717) is 24.6 Å². The second-order valence-corrected chi connectivity index (χ2v) is 7.66. The number of likely N-dealkylation sites (N-methyl/N-ethyl adjacent to an activating group) is 1. The molecule has 1 aromatic heterocycles. The van der Waals surface area contributed by atoms with Crippen molar-refractivity contribution in [2.24, 2.45) is 4.99 Å². The molecule has 0 spiro atoms. The van der Waals surface area contributed by atoms with Crippen molar-refractivity contribution in [3.8, 4) is 0 Å². The van der Waals surface area contributed by atoms with Gasteiger partial charge in [-0.2, -0.15) is 5.10 Å². The molecule has 27 heavy (non-hydrogen) atoms. The highest BCUT2D eigenvalue weighted by atomic mass is 127. The summed E-state index contributed by atoms with van der Waals surface area (Å²) in [4.78, 5) is 18.1. The molecule has 8 heteroatoms. The number of nitrogens with one attached hydrogen (secondary N) is 2. The van der Waals surface area contributed by atoms with Crippen molar-refractivity contribution in [3.63, 3.8) is 0 Å². The van der Waals surface area contributed by atoms with Crippen LogP contribution in [0.2, 0.25) is 0 Å². The molecule has 2 N–H and O–H groups in total. The number of aliphatic imine (C=N–C) groups is 1. The Bertz CT molecular complexity index is 617. The number of hydrogen-bond acceptors (Lipinski definition) is 3. The molecule has 0 aliphatic heterocycles. The molecule has 7 nitrogen and oxygen atoms in total. The van der Waals surface area contributed by atoms with Crippen LogP contribution in [-0.4, -0.2) is 53.2 Å². The Morgan fingerprint density at radius 1 is 1.22 bits per heavy atom. The van der Waals surface area contributed by atoms with E-state index in [1.54, 1.807) is 19.0 Å². The summed E-state index contributed by atoms with van der Waals surface area (Å²) in [7, 11) is 3.53. The second-order valence-electron chi connectivity index (χ2n) is 7.66. The van der Waals surface area contributed by atoms with Crippen LogP contribution in [0.3, 0.4) is 0 Å². The zero-order chi connectivity index (χ0) is 18.4. The molecule has 2 fully saturated rings. The first-order valence-electron chi connectivity index (χ1n) is 9.91. The molecule has 2 saturated carbocycles. The molecule has 152 valence electrons. The second kappa shape index (κ2) is 10.9. The molecule has 1 heterocycles. The zero-order valence-corrected chi connectivity index (χ0v) is 18.8. The van der Waals surface area contributed by atoms with Crippen LogP contribution in [0.1, 0.15) is 63.1 Å². The summed E-state index contributed by atoms with van der Waals surface area (Å²) in [5, 5.41) is 11.3. The molecule has 0 unspecified atom stereocenters. The lowest BCUT2D eigenvalue weighted by molar-refractivity contribution is -0.127. The van der Waals surface area contributed by atoms with Gasteiger partial charge in [0.25, 0.3) is 0 Å². The third-order valence-electron chi connectivity index (χ3n) is 5.36. The standard InChI is InChI=1S/C19H32N6O.HI/c1-24(2)18(26)14-21-19(22-15-7-3-4-8-15)20-13-16-11-12-25(23-16)17-9-5-6-10-17;/h11-12,15,17H,3-10,13-14H2,1-2H3,(H2,20,21,22);1H. The van der Waals surface area contributed by atoms with Gasteiger partial charge in [-0.25, -0.2) is 4.99 Å².